The van der Waals surface area contributed by atoms with Gasteiger partial charge in [0.15, 0.2) is 0 Å². The molecule has 6 unspecified atom stereocenters. The topological polar surface area (TPSA) is 192 Å². The van der Waals surface area contributed by atoms with Gasteiger partial charge in [-0.1, -0.05) is 138 Å². The van der Waals surface area contributed by atoms with Gasteiger partial charge >= 0.3 is 13.8 Å². The minimum Gasteiger partial charge on any atom is -0.457 e. The Balaban J connectivity index is 2.40. The minimum atomic E-state index is -5.02. The summed E-state index contributed by atoms with van der Waals surface area (Å²) in [6.07, 6.45) is 31.4. The predicted octanol–water partition coefficient (Wildman–Crippen LogP) is 8.02. The van der Waals surface area contributed by atoms with Gasteiger partial charge in [-0.2, -0.15) is 0 Å². The van der Waals surface area contributed by atoms with E-state index in [-0.39, 0.29) is 13.0 Å². The summed E-state index contributed by atoms with van der Waals surface area (Å²) in [5.41, 5.74) is 0. The molecule has 1 rings (SSSR count). The highest BCUT2D eigenvalue weighted by Crippen LogP contribution is 2.47. The van der Waals surface area contributed by atoms with Crippen molar-refractivity contribution in [2.45, 2.75) is 179 Å². The van der Waals surface area contributed by atoms with Crippen molar-refractivity contribution in [2.75, 3.05) is 19.8 Å². The van der Waals surface area contributed by atoms with Crippen LogP contribution in [-0.2, 0) is 27.9 Å². The molecule has 0 aliphatic heterocycles. The number of carbonyl (C=O) groups excluding carboxylic acids is 1. The van der Waals surface area contributed by atoms with Crippen LogP contribution in [0.2, 0.25) is 0 Å². The maximum atomic E-state index is 12.7. The first-order chi connectivity index (χ1) is 27.5. The van der Waals surface area contributed by atoms with Crippen molar-refractivity contribution in [1.29, 1.82) is 0 Å². The van der Waals surface area contributed by atoms with Crippen LogP contribution in [0, 0.1) is 0 Å². The van der Waals surface area contributed by atoms with E-state index in [1.165, 1.54) is 25.7 Å². The molecule has 12 nitrogen and oxygen atoms in total. The Labute approximate surface area is 342 Å². The average molecular weight is 827 g/mol. The van der Waals surface area contributed by atoms with Gasteiger partial charge in [0.2, 0.25) is 0 Å². The summed E-state index contributed by atoms with van der Waals surface area (Å²) in [4.78, 5) is 23.0. The highest BCUT2D eigenvalue weighted by atomic mass is 31.2. The van der Waals surface area contributed by atoms with E-state index in [0.29, 0.717) is 13.0 Å². The van der Waals surface area contributed by atoms with Crippen LogP contribution in [0.1, 0.15) is 136 Å². The van der Waals surface area contributed by atoms with E-state index >= 15 is 0 Å². The standard InChI is InChI=1S/C44H75O12P/c1-3-5-7-9-11-13-14-15-16-17-18-19-20-21-22-23-24-25-26-28-30-32-34-53-35-37(55-38(45)33-31-29-27-12-10-8-6-4-2)36-54-57(51,52)56-44-42(49)40(47)39(46)41(48)43(44)50/h5,7,11,13,15-16,18-19,21-22,24-25,37,39-44,46-50H,3-4,6,8-10,12,14,17,20,23,26-36H2,1-2H3,(H,51,52)/b7-5-,13-11-,16-15-,19-18-,22-21-,25-24-. The number of phosphoric ester groups is 1. The van der Waals surface area contributed by atoms with E-state index in [2.05, 4.69) is 86.8 Å². The molecule has 1 aliphatic rings. The molecule has 13 heteroatoms. The number of aliphatic hydroxyl groups is 5. The molecular formula is C44H75O12P. The van der Waals surface area contributed by atoms with Gasteiger partial charge in [-0.3, -0.25) is 13.8 Å². The largest absolute Gasteiger partial charge is 0.472 e. The van der Waals surface area contributed by atoms with Gasteiger partial charge in [-0.05, 0) is 64.2 Å². The highest BCUT2D eigenvalue weighted by molar-refractivity contribution is 7.47. The van der Waals surface area contributed by atoms with Crippen LogP contribution >= 0.6 is 7.82 Å². The lowest BCUT2D eigenvalue weighted by Gasteiger charge is -2.41. The molecule has 0 heterocycles. The second-order valence-corrected chi connectivity index (χ2v) is 15.9. The molecular weight excluding hydrogens is 751 g/mol. The third-order valence-corrected chi connectivity index (χ3v) is 10.3. The molecule has 0 aromatic carbocycles. The summed E-state index contributed by atoms with van der Waals surface area (Å²) in [5, 5.41) is 50.0. The van der Waals surface area contributed by atoms with Gasteiger partial charge in [0.1, 0.15) is 42.7 Å². The van der Waals surface area contributed by atoms with Gasteiger partial charge < -0.3 is 39.9 Å². The Morgan fingerprint density at radius 1 is 0.579 bits per heavy atom. The van der Waals surface area contributed by atoms with E-state index in [4.69, 9.17) is 18.5 Å². The number of unbranched alkanes of at least 4 members (excludes halogenated alkanes) is 10. The van der Waals surface area contributed by atoms with Crippen molar-refractivity contribution in [1.82, 2.24) is 0 Å². The van der Waals surface area contributed by atoms with Crippen LogP contribution in [0.5, 0.6) is 0 Å². The number of esters is 1. The Morgan fingerprint density at radius 2 is 1.04 bits per heavy atom. The van der Waals surface area contributed by atoms with Gasteiger partial charge in [0.05, 0.1) is 13.2 Å². The van der Waals surface area contributed by atoms with E-state index < -0.39 is 63.1 Å². The second kappa shape index (κ2) is 34.6. The van der Waals surface area contributed by atoms with Crippen LogP contribution in [0.25, 0.3) is 0 Å². The van der Waals surface area contributed by atoms with E-state index in [1.807, 2.05) is 0 Å². The van der Waals surface area contributed by atoms with Crippen molar-refractivity contribution in [3.63, 3.8) is 0 Å². The van der Waals surface area contributed by atoms with E-state index in [0.717, 1.165) is 83.5 Å². The van der Waals surface area contributed by atoms with Crippen molar-refractivity contribution in [3.8, 4) is 0 Å². The molecule has 0 saturated heterocycles. The maximum absolute atomic E-state index is 12.7. The van der Waals surface area contributed by atoms with Crippen molar-refractivity contribution in [3.05, 3.63) is 72.9 Å². The lowest BCUT2D eigenvalue weighted by atomic mass is 9.85. The molecule has 1 fully saturated rings. The quantitative estimate of drug-likeness (QED) is 0.0159. The number of allylic oxidation sites excluding steroid dienone is 12. The van der Waals surface area contributed by atoms with Gasteiger partial charge in [-0.15, -0.1) is 0 Å². The molecule has 0 aromatic heterocycles. The number of ether oxygens (including phenoxy) is 2. The zero-order valence-electron chi connectivity index (χ0n) is 34.6. The SMILES string of the molecule is CC/C=C\C/C=C\C/C=C\C/C=C\C/C=C\C/C=C\CCCCCOCC(COP(=O)(O)OC1C(O)C(O)C(O)C(O)C1O)OC(=O)CCCCCCCCCC. The molecule has 57 heavy (non-hydrogen) atoms. The molecule has 328 valence electrons. The first-order valence-electron chi connectivity index (χ1n) is 21.3. The number of carbonyl (C=O) groups is 1. The zero-order valence-corrected chi connectivity index (χ0v) is 35.5. The number of hydrogen-bond donors (Lipinski definition) is 6. The fraction of sp³-hybridized carbons (Fsp3) is 0.705. The molecule has 6 N–H and O–H groups in total. The Hall–Kier alpha value is -2.22. The smallest absolute Gasteiger partial charge is 0.457 e. The van der Waals surface area contributed by atoms with E-state index in [1.54, 1.807) is 0 Å². The fourth-order valence-electron chi connectivity index (χ4n) is 5.94. The second-order valence-electron chi connectivity index (χ2n) is 14.5. The molecule has 0 bridgehead atoms. The predicted molar refractivity (Wildman–Crippen MR) is 225 cm³/mol. The molecule has 0 aromatic rings. The first kappa shape index (κ1) is 52.8. The van der Waals surface area contributed by atoms with Crippen LogP contribution in [0.4, 0.5) is 0 Å². The summed E-state index contributed by atoms with van der Waals surface area (Å²) in [7, 11) is -5.02. The number of rotatable bonds is 34. The molecule has 1 saturated carbocycles. The molecule has 0 radical (unpaired) electrons. The monoisotopic (exact) mass is 826 g/mol. The van der Waals surface area contributed by atoms with Crippen LogP contribution in [0.15, 0.2) is 72.9 Å². The van der Waals surface area contributed by atoms with Crippen LogP contribution in [-0.4, -0.2) is 98.9 Å². The van der Waals surface area contributed by atoms with Crippen molar-refractivity contribution >= 4 is 13.8 Å². The summed E-state index contributed by atoms with van der Waals surface area (Å²) in [6, 6.07) is 0. The fourth-order valence-corrected chi connectivity index (χ4v) is 6.92. The van der Waals surface area contributed by atoms with Crippen molar-refractivity contribution < 1.29 is 58.3 Å². The lowest BCUT2D eigenvalue weighted by molar-refractivity contribution is -0.220. The third kappa shape index (κ3) is 27.2. The average Bonchev–Trinajstić information content (AvgIpc) is 3.19. The van der Waals surface area contributed by atoms with E-state index in [9.17, 15) is 39.8 Å². The first-order valence-corrected chi connectivity index (χ1v) is 22.8. The van der Waals surface area contributed by atoms with Gasteiger partial charge in [0.25, 0.3) is 0 Å². The summed E-state index contributed by atoms with van der Waals surface area (Å²) in [6.45, 7) is 3.99. The molecule has 0 amide bonds. The van der Waals surface area contributed by atoms with Gasteiger partial charge in [0, 0.05) is 13.0 Å². The maximum Gasteiger partial charge on any atom is 0.472 e. The summed E-state index contributed by atoms with van der Waals surface area (Å²) < 4.78 is 33.9. The summed E-state index contributed by atoms with van der Waals surface area (Å²) >= 11 is 0. The Kier molecular flexibility index (Phi) is 32.1. The highest BCUT2D eigenvalue weighted by Gasteiger charge is 2.51. The Morgan fingerprint density at radius 3 is 1.56 bits per heavy atom. The van der Waals surface area contributed by atoms with Crippen LogP contribution < -0.4 is 0 Å². The number of aliphatic hydroxyl groups excluding tert-OH is 5. The van der Waals surface area contributed by atoms with Gasteiger partial charge in [-0.25, -0.2) is 4.57 Å². The summed E-state index contributed by atoms with van der Waals surface area (Å²) in [5.74, 6) is -0.499. The number of phosphoric acid groups is 1. The van der Waals surface area contributed by atoms with Crippen molar-refractivity contribution in [2.24, 2.45) is 0 Å². The zero-order chi connectivity index (χ0) is 42.0. The molecule has 6 atom stereocenters. The Bertz CT molecular complexity index is 1220. The molecule has 1 aliphatic carbocycles. The lowest BCUT2D eigenvalue weighted by Crippen LogP contribution is -2.64. The normalized spacial score (nSPS) is 23.6. The minimum absolute atomic E-state index is 0.103. The van der Waals surface area contributed by atoms with Crippen LogP contribution in [0.3, 0.4) is 0 Å². The number of hydrogen-bond acceptors (Lipinski definition) is 11. The third-order valence-electron chi connectivity index (χ3n) is 9.34. The molecule has 0 spiro atoms.